The fourth-order valence-electron chi connectivity index (χ4n) is 0. The summed E-state index contributed by atoms with van der Waals surface area (Å²) in [5, 5.41) is 0. The average Bonchev–Trinajstić information content (AvgIpc) is 1.12. The van der Waals surface area contributed by atoms with Crippen LogP contribution in [0.2, 0.25) is 0 Å². The molecule has 0 amide bonds. The first-order valence-electron chi connectivity index (χ1n) is 1.63. The molecule has 8 nitrogen and oxygen atoms in total. The molecule has 0 aromatic rings. The van der Waals surface area contributed by atoms with Crippen LogP contribution in [0.1, 0.15) is 0 Å². The van der Waals surface area contributed by atoms with Crippen molar-refractivity contribution in [3.63, 3.8) is 0 Å². The van der Waals surface area contributed by atoms with Crippen LogP contribution in [0.15, 0.2) is 0 Å². The Bertz CT molecular complexity index is 65.1. The van der Waals surface area contributed by atoms with Gasteiger partial charge in [0.1, 0.15) is 0 Å². The Hall–Kier alpha value is 1.69. The third-order valence-electron chi connectivity index (χ3n) is 0. The van der Waals surface area contributed by atoms with Crippen LogP contribution in [0.3, 0.4) is 0 Å². The smallest absolute Gasteiger partial charge is 0.894 e. The molecule has 0 heterocycles. The first-order chi connectivity index (χ1) is 4.00. The van der Waals surface area contributed by atoms with E-state index in [1.54, 1.807) is 0 Å². The Morgan fingerprint density at radius 1 is 0.538 bits per heavy atom. The molecule has 0 fully saturated rings. The zero-order valence-electron chi connectivity index (χ0n) is 6.00. The zero-order valence-corrected chi connectivity index (χ0v) is 14.4. The molecule has 0 bridgehead atoms. The standard InChI is InChI=1S/B.Bi.2O4Si.Zn/c;;2*1-5(2,3)4;/q2*+3;2*-4;+2. The van der Waals surface area contributed by atoms with Gasteiger partial charge in [-0.2, -0.15) is 0 Å². The van der Waals surface area contributed by atoms with E-state index in [0.29, 0.717) is 0 Å². The maximum absolute atomic E-state index is 8.58. The summed E-state index contributed by atoms with van der Waals surface area (Å²) in [5.41, 5.74) is 0. The normalized spacial score (nSPS) is 9.23. The largest absolute Gasteiger partial charge is 3.00 e. The van der Waals surface area contributed by atoms with Crippen LogP contribution in [-0.2, 0) is 19.5 Å². The van der Waals surface area contributed by atoms with Crippen molar-refractivity contribution in [2.75, 3.05) is 0 Å². The molecule has 0 aromatic heterocycles. The number of hydrogen-bond acceptors (Lipinski definition) is 8. The topological polar surface area (TPSA) is 184 Å². The summed E-state index contributed by atoms with van der Waals surface area (Å²) in [7, 11) is -11.2. The summed E-state index contributed by atoms with van der Waals surface area (Å²) >= 11 is 0. The number of rotatable bonds is 0. The SMILES string of the molecule is [B+3].[Bi+3].[O-][Si]([O-])([O-])[O-].[O-][Si]([O-])([O-])[O-].[Zn+2]. The van der Waals surface area contributed by atoms with E-state index in [9.17, 15) is 0 Å². The third kappa shape index (κ3) is 658. The molecule has 0 saturated carbocycles. The Morgan fingerprint density at radius 2 is 0.538 bits per heavy atom. The fourth-order valence-corrected chi connectivity index (χ4v) is 0. The molecule has 13 heavy (non-hydrogen) atoms. The molecule has 66 valence electrons. The summed E-state index contributed by atoms with van der Waals surface area (Å²) in [6.45, 7) is 0. The number of hydrogen-bond donors (Lipinski definition) is 0. The molecular weight excluding hydrogens is 469 g/mol. The molecule has 0 aromatic carbocycles. The van der Waals surface area contributed by atoms with Crippen LogP contribution in [0.5, 0.6) is 0 Å². The van der Waals surface area contributed by atoms with E-state index >= 15 is 0 Å². The predicted molar refractivity (Wildman–Crippen MR) is 23.0 cm³/mol. The van der Waals surface area contributed by atoms with Crippen molar-refractivity contribution in [1.82, 2.24) is 0 Å². The van der Waals surface area contributed by atoms with E-state index in [2.05, 4.69) is 0 Å². The van der Waals surface area contributed by atoms with Crippen molar-refractivity contribution in [3.8, 4) is 0 Å². The van der Waals surface area contributed by atoms with Crippen molar-refractivity contribution in [3.05, 3.63) is 0 Å². The molecule has 0 aliphatic heterocycles. The second kappa shape index (κ2) is 11.8. The van der Waals surface area contributed by atoms with E-state index < -0.39 is 18.1 Å². The van der Waals surface area contributed by atoms with Gasteiger partial charge in [0.15, 0.2) is 0 Å². The molecule has 0 spiro atoms. The Kier molecular flexibility index (Phi) is 26.5. The van der Waals surface area contributed by atoms with Crippen LogP contribution < -0.4 is 38.4 Å². The summed E-state index contributed by atoms with van der Waals surface area (Å²) in [5.74, 6) is 0. The van der Waals surface area contributed by atoms with Crippen molar-refractivity contribution in [1.29, 1.82) is 0 Å². The molecule has 0 rings (SSSR count). The molecule has 2 radical (unpaired) electrons. The van der Waals surface area contributed by atoms with Gasteiger partial charge in [-0.05, 0) is 0 Å². The van der Waals surface area contributed by atoms with E-state index in [0.717, 1.165) is 0 Å². The van der Waals surface area contributed by atoms with Gasteiger partial charge >= 0.3 is 54.1 Å². The van der Waals surface area contributed by atoms with Gasteiger partial charge in [-0.25, -0.2) is 0 Å². The van der Waals surface area contributed by atoms with Gasteiger partial charge in [-0.1, -0.05) is 0 Å². The second-order valence-corrected chi connectivity index (χ2v) is 3.00. The minimum Gasteiger partial charge on any atom is -0.894 e. The molecule has 0 unspecified atom stereocenters. The predicted octanol–water partition coefficient (Wildman–Crippen LogP) is -11.0. The van der Waals surface area contributed by atoms with Gasteiger partial charge in [0.2, 0.25) is 0 Å². The van der Waals surface area contributed by atoms with E-state index in [1.807, 2.05) is 0 Å². The van der Waals surface area contributed by atoms with E-state index in [-0.39, 0.29) is 54.1 Å². The minimum absolute atomic E-state index is 0. The summed E-state index contributed by atoms with van der Waals surface area (Å²) in [6.07, 6.45) is 0. The van der Waals surface area contributed by atoms with Crippen LogP contribution in [0, 0.1) is 0 Å². The Labute approximate surface area is 110 Å². The Balaban J connectivity index is -0.0000000267. The molecule has 0 aliphatic carbocycles. The van der Waals surface area contributed by atoms with Gasteiger partial charge in [-0.15, -0.1) is 0 Å². The quantitative estimate of drug-likeness (QED) is 0.313. The second-order valence-electron chi connectivity index (χ2n) is 1.00. The average molecular weight is 469 g/mol. The molecule has 0 saturated heterocycles. The monoisotopic (exact) mass is 468 g/mol. The van der Waals surface area contributed by atoms with Crippen LogP contribution in [-0.4, -0.2) is 52.7 Å². The summed E-state index contributed by atoms with van der Waals surface area (Å²) < 4.78 is 0. The van der Waals surface area contributed by atoms with E-state index in [1.165, 1.54) is 0 Å². The van der Waals surface area contributed by atoms with Gasteiger partial charge in [0, 0.05) is 0 Å². The van der Waals surface area contributed by atoms with Crippen LogP contribution in [0.25, 0.3) is 0 Å². The molecule has 13 heteroatoms. The fraction of sp³-hybridized carbons (Fsp3) is 0. The molecular formula is BBiO8Si2Zn. The van der Waals surface area contributed by atoms with Gasteiger partial charge in [0.05, 0.1) is 0 Å². The van der Waals surface area contributed by atoms with Gasteiger partial charge in [-0.3, -0.25) is 0 Å². The van der Waals surface area contributed by atoms with Crippen LogP contribution >= 0.6 is 0 Å². The van der Waals surface area contributed by atoms with Crippen LogP contribution in [0.4, 0.5) is 0 Å². The summed E-state index contributed by atoms with van der Waals surface area (Å²) in [4.78, 5) is 68.6. The van der Waals surface area contributed by atoms with E-state index in [4.69, 9.17) is 38.4 Å². The first-order valence-corrected chi connectivity index (χ1v) is 4.90. The molecule has 0 N–H and O–H groups in total. The summed E-state index contributed by atoms with van der Waals surface area (Å²) in [6, 6.07) is 0. The Morgan fingerprint density at radius 3 is 0.538 bits per heavy atom. The third-order valence-corrected chi connectivity index (χ3v) is 0. The van der Waals surface area contributed by atoms with Crippen molar-refractivity contribution in [2.24, 2.45) is 0 Å². The molecule has 0 atom stereocenters. The van der Waals surface area contributed by atoms with Crippen molar-refractivity contribution >= 4 is 52.7 Å². The first kappa shape index (κ1) is 29.3. The van der Waals surface area contributed by atoms with Crippen molar-refractivity contribution < 1.29 is 57.8 Å². The van der Waals surface area contributed by atoms with Gasteiger partial charge in [0.25, 0.3) is 0 Å². The maximum Gasteiger partial charge on any atom is 3.00 e. The van der Waals surface area contributed by atoms with Crippen molar-refractivity contribution in [2.45, 2.75) is 0 Å². The zero-order chi connectivity index (χ0) is 9.00. The minimum atomic E-state index is -5.61. The maximum atomic E-state index is 8.58. The molecule has 0 aliphatic rings. The van der Waals surface area contributed by atoms with Gasteiger partial charge < -0.3 is 56.5 Å².